The number of carboxylic acid groups (broad SMARTS) is 2. The second-order valence-electron chi connectivity index (χ2n) is 4.98. The predicted octanol–water partition coefficient (Wildman–Crippen LogP) is 1.22. The van der Waals surface area contributed by atoms with Gasteiger partial charge in [-0.1, -0.05) is 51.1 Å². The van der Waals surface area contributed by atoms with Crippen LogP contribution in [0, 0.1) is 5.41 Å². The van der Waals surface area contributed by atoms with Crippen molar-refractivity contribution in [3.8, 4) is 0 Å². The molecule has 0 aromatic heterocycles. The van der Waals surface area contributed by atoms with Gasteiger partial charge in [0.05, 0.1) is 0 Å². The van der Waals surface area contributed by atoms with Crippen LogP contribution in [0.25, 0.3) is 0 Å². The number of benzene rings is 1. The van der Waals surface area contributed by atoms with Gasteiger partial charge in [0.15, 0.2) is 5.41 Å². The molecule has 0 aliphatic rings. The van der Waals surface area contributed by atoms with Gasteiger partial charge in [0.25, 0.3) is 0 Å². The molecule has 0 amide bonds. The van der Waals surface area contributed by atoms with Crippen molar-refractivity contribution in [3.63, 3.8) is 0 Å². The van der Waals surface area contributed by atoms with E-state index < -0.39 is 22.8 Å². The van der Waals surface area contributed by atoms with Gasteiger partial charge in [-0.3, -0.25) is 9.59 Å². The second kappa shape index (κ2) is 6.04. The SMILES string of the molecule is CC(C)(C)C(C(=O)O)(C(=O)O)c1ccccc1.[CaH2]. The van der Waals surface area contributed by atoms with Gasteiger partial charge in [-0.25, -0.2) is 0 Å². The van der Waals surface area contributed by atoms with E-state index in [9.17, 15) is 19.8 Å². The second-order valence-corrected chi connectivity index (χ2v) is 4.98. The minimum atomic E-state index is -1.94. The van der Waals surface area contributed by atoms with Crippen LogP contribution >= 0.6 is 0 Å². The van der Waals surface area contributed by atoms with Gasteiger partial charge in [0, 0.05) is 0 Å². The van der Waals surface area contributed by atoms with Crippen LogP contribution in [0.1, 0.15) is 26.3 Å². The molecule has 0 aliphatic heterocycles. The van der Waals surface area contributed by atoms with E-state index in [-0.39, 0.29) is 43.3 Å². The van der Waals surface area contributed by atoms with Gasteiger partial charge in [0.1, 0.15) is 0 Å². The average molecular weight is 278 g/mol. The van der Waals surface area contributed by atoms with Crippen molar-refractivity contribution in [1.29, 1.82) is 0 Å². The van der Waals surface area contributed by atoms with Crippen LogP contribution in [0.5, 0.6) is 0 Å². The van der Waals surface area contributed by atoms with Crippen molar-refractivity contribution in [2.45, 2.75) is 26.2 Å². The van der Waals surface area contributed by atoms with E-state index in [0.717, 1.165) is 0 Å². The molecule has 0 fully saturated rings. The first-order valence-electron chi connectivity index (χ1n) is 5.27. The fraction of sp³-hybridized carbons (Fsp3) is 0.385. The first-order chi connectivity index (χ1) is 7.74. The molecule has 0 heterocycles. The molecular formula is C13H18CaO4. The number of carbonyl (C=O) groups is 2. The van der Waals surface area contributed by atoms with Gasteiger partial charge in [-0.05, 0) is 11.0 Å². The molecule has 0 atom stereocenters. The molecule has 0 aliphatic carbocycles. The van der Waals surface area contributed by atoms with E-state index in [4.69, 9.17) is 0 Å². The van der Waals surface area contributed by atoms with Crippen molar-refractivity contribution < 1.29 is 19.8 Å². The Morgan fingerprint density at radius 2 is 1.33 bits per heavy atom. The van der Waals surface area contributed by atoms with E-state index in [2.05, 4.69) is 0 Å². The fourth-order valence-electron chi connectivity index (χ4n) is 2.10. The third-order valence-electron chi connectivity index (χ3n) is 2.97. The number of hydrogen-bond acceptors (Lipinski definition) is 2. The van der Waals surface area contributed by atoms with Gasteiger partial charge < -0.3 is 10.2 Å². The molecule has 18 heavy (non-hydrogen) atoms. The van der Waals surface area contributed by atoms with Gasteiger partial charge in [-0.2, -0.15) is 0 Å². The van der Waals surface area contributed by atoms with Crippen LogP contribution in [-0.2, 0) is 15.0 Å². The van der Waals surface area contributed by atoms with E-state index >= 15 is 0 Å². The van der Waals surface area contributed by atoms with Crippen LogP contribution in [-0.4, -0.2) is 59.9 Å². The number of carboxylic acids is 2. The fourth-order valence-corrected chi connectivity index (χ4v) is 2.10. The molecule has 96 valence electrons. The van der Waals surface area contributed by atoms with Crippen LogP contribution in [0.15, 0.2) is 30.3 Å². The van der Waals surface area contributed by atoms with E-state index in [1.165, 1.54) is 12.1 Å². The topological polar surface area (TPSA) is 74.6 Å². The van der Waals surface area contributed by atoms with Crippen molar-refractivity contribution >= 4 is 49.7 Å². The van der Waals surface area contributed by atoms with Crippen molar-refractivity contribution in [2.24, 2.45) is 5.41 Å². The Morgan fingerprint density at radius 1 is 0.944 bits per heavy atom. The molecule has 0 radical (unpaired) electrons. The number of hydrogen-bond donors (Lipinski definition) is 2. The standard InChI is InChI=1S/C13H16O4.Ca.2H/c1-12(2,3)13(10(14)15,11(16)17)9-7-5-4-6-8-9;;;/h4-8H,1-3H3,(H,14,15)(H,16,17);;;. The van der Waals surface area contributed by atoms with Gasteiger partial charge in [-0.15, -0.1) is 0 Å². The Bertz CT molecular complexity index is 420. The zero-order chi connectivity index (χ0) is 13.3. The van der Waals surface area contributed by atoms with Gasteiger partial charge >= 0.3 is 49.7 Å². The molecular weight excluding hydrogens is 260 g/mol. The van der Waals surface area contributed by atoms with Crippen LogP contribution < -0.4 is 0 Å². The zero-order valence-electron chi connectivity index (χ0n) is 10.1. The third kappa shape index (κ3) is 2.71. The molecule has 0 saturated carbocycles. The molecule has 0 spiro atoms. The van der Waals surface area contributed by atoms with Crippen molar-refractivity contribution in [2.75, 3.05) is 0 Å². The molecule has 1 aromatic rings. The van der Waals surface area contributed by atoms with E-state index in [1.807, 2.05) is 0 Å². The molecule has 0 unspecified atom stereocenters. The maximum absolute atomic E-state index is 11.5. The molecule has 4 nitrogen and oxygen atoms in total. The zero-order valence-corrected chi connectivity index (χ0v) is 10.1. The van der Waals surface area contributed by atoms with Crippen LogP contribution in [0.2, 0.25) is 0 Å². The Balaban J connectivity index is 0.00000289. The number of rotatable bonds is 3. The Kier molecular flexibility index (Phi) is 5.85. The van der Waals surface area contributed by atoms with Crippen LogP contribution in [0.4, 0.5) is 0 Å². The monoisotopic (exact) mass is 278 g/mol. The molecule has 1 aromatic carbocycles. The minimum absolute atomic E-state index is 0. The van der Waals surface area contributed by atoms with Crippen LogP contribution in [0.3, 0.4) is 0 Å². The van der Waals surface area contributed by atoms with Crippen molar-refractivity contribution in [1.82, 2.24) is 0 Å². The summed E-state index contributed by atoms with van der Waals surface area (Å²) in [6.45, 7) is 4.84. The molecule has 2 N–H and O–H groups in total. The molecule has 0 saturated heterocycles. The quantitative estimate of drug-likeness (QED) is 0.644. The Labute approximate surface area is 136 Å². The summed E-state index contributed by atoms with van der Waals surface area (Å²) in [5.41, 5.74) is -2.59. The Morgan fingerprint density at radius 3 is 1.61 bits per heavy atom. The summed E-state index contributed by atoms with van der Waals surface area (Å²) in [5.74, 6) is -2.69. The summed E-state index contributed by atoms with van der Waals surface area (Å²) in [6, 6.07) is 8.07. The van der Waals surface area contributed by atoms with E-state index in [1.54, 1.807) is 39.0 Å². The summed E-state index contributed by atoms with van der Waals surface area (Å²) >= 11 is 0. The van der Waals surface area contributed by atoms with E-state index in [0.29, 0.717) is 0 Å². The molecule has 0 bridgehead atoms. The summed E-state index contributed by atoms with van der Waals surface area (Å²) < 4.78 is 0. The van der Waals surface area contributed by atoms with Crippen molar-refractivity contribution in [3.05, 3.63) is 35.9 Å². The number of aliphatic carboxylic acids is 2. The average Bonchev–Trinajstić information content (AvgIpc) is 2.16. The Hall–Kier alpha value is -0.580. The summed E-state index contributed by atoms with van der Waals surface area (Å²) in [5, 5.41) is 18.8. The summed E-state index contributed by atoms with van der Waals surface area (Å²) in [4.78, 5) is 23.1. The summed E-state index contributed by atoms with van der Waals surface area (Å²) in [7, 11) is 0. The maximum atomic E-state index is 11.5. The molecule has 5 heteroatoms. The van der Waals surface area contributed by atoms with Gasteiger partial charge in [0.2, 0.25) is 0 Å². The molecule has 1 rings (SSSR count). The third-order valence-corrected chi connectivity index (χ3v) is 2.97. The summed E-state index contributed by atoms with van der Waals surface area (Å²) in [6.07, 6.45) is 0. The normalized spacial score (nSPS) is 11.5. The first kappa shape index (κ1) is 17.4. The first-order valence-corrected chi connectivity index (χ1v) is 5.27. The predicted molar refractivity (Wildman–Crippen MR) is 71.4 cm³/mol.